The van der Waals surface area contributed by atoms with Gasteiger partial charge in [0.25, 0.3) is 5.91 Å². The maximum Gasteiger partial charge on any atom is 0.253 e. The van der Waals surface area contributed by atoms with Crippen LogP contribution < -0.4 is 10.1 Å². The van der Waals surface area contributed by atoms with E-state index in [9.17, 15) is 14.0 Å². The van der Waals surface area contributed by atoms with Crippen LogP contribution in [-0.2, 0) is 4.79 Å². The first-order valence-corrected chi connectivity index (χ1v) is 10.2. The van der Waals surface area contributed by atoms with E-state index >= 15 is 0 Å². The van der Waals surface area contributed by atoms with Gasteiger partial charge >= 0.3 is 0 Å². The Morgan fingerprint density at radius 3 is 2.50 bits per heavy atom. The van der Waals surface area contributed by atoms with Crippen molar-refractivity contribution in [3.05, 3.63) is 59.4 Å². The predicted octanol–water partition coefficient (Wildman–Crippen LogP) is 3.32. The third kappa shape index (κ3) is 5.16. The molecule has 0 aliphatic carbocycles. The summed E-state index contributed by atoms with van der Waals surface area (Å²) >= 11 is 0. The number of rotatable bonds is 6. The van der Waals surface area contributed by atoms with Crippen LogP contribution in [0.15, 0.2) is 42.5 Å². The maximum atomic E-state index is 13.3. The lowest BCUT2D eigenvalue weighted by atomic mass is 10.1. The van der Waals surface area contributed by atoms with Gasteiger partial charge in [-0.3, -0.25) is 14.5 Å². The van der Waals surface area contributed by atoms with E-state index in [1.807, 2.05) is 42.7 Å². The number of anilines is 1. The van der Waals surface area contributed by atoms with Gasteiger partial charge in [0.1, 0.15) is 11.6 Å². The van der Waals surface area contributed by atoms with E-state index in [1.54, 1.807) is 18.2 Å². The van der Waals surface area contributed by atoms with Gasteiger partial charge in [-0.2, -0.15) is 0 Å². The second-order valence-corrected chi connectivity index (χ2v) is 7.42. The zero-order chi connectivity index (χ0) is 21.7. The summed E-state index contributed by atoms with van der Waals surface area (Å²) in [4.78, 5) is 29.2. The monoisotopic (exact) mass is 413 g/mol. The number of aryl methyl sites for hydroxylation is 1. The van der Waals surface area contributed by atoms with Crippen LogP contribution in [0, 0.1) is 12.7 Å². The first-order chi connectivity index (χ1) is 14.4. The van der Waals surface area contributed by atoms with Gasteiger partial charge in [-0.1, -0.05) is 6.07 Å². The molecule has 3 rings (SSSR count). The van der Waals surface area contributed by atoms with Crippen LogP contribution >= 0.6 is 0 Å². The Labute approximate surface area is 176 Å². The quantitative estimate of drug-likeness (QED) is 0.789. The van der Waals surface area contributed by atoms with Crippen molar-refractivity contribution in [2.75, 3.05) is 38.1 Å². The molecule has 1 aliphatic heterocycles. The molecule has 30 heavy (non-hydrogen) atoms. The highest BCUT2D eigenvalue weighted by atomic mass is 19.1. The number of nitrogens with one attached hydrogen (secondary N) is 1. The number of piperazine rings is 1. The Bertz CT molecular complexity index is 910. The average molecular weight is 413 g/mol. The Hall–Kier alpha value is -2.93. The van der Waals surface area contributed by atoms with Crippen LogP contribution in [0.3, 0.4) is 0 Å². The zero-order valence-electron chi connectivity index (χ0n) is 17.7. The Kier molecular flexibility index (Phi) is 7.05. The smallest absolute Gasteiger partial charge is 0.253 e. The lowest BCUT2D eigenvalue weighted by molar-refractivity contribution is -0.121. The van der Waals surface area contributed by atoms with Gasteiger partial charge in [0.2, 0.25) is 5.91 Å². The van der Waals surface area contributed by atoms with Crippen molar-refractivity contribution in [2.45, 2.75) is 26.8 Å². The number of amides is 2. The van der Waals surface area contributed by atoms with Crippen molar-refractivity contribution in [1.29, 1.82) is 0 Å². The largest absolute Gasteiger partial charge is 0.494 e. The molecule has 0 bridgehead atoms. The molecule has 1 unspecified atom stereocenters. The molecule has 2 aromatic carbocycles. The summed E-state index contributed by atoms with van der Waals surface area (Å²) in [5.74, 6) is 0.189. The van der Waals surface area contributed by atoms with E-state index in [1.165, 1.54) is 12.1 Å². The molecule has 2 amide bonds. The summed E-state index contributed by atoms with van der Waals surface area (Å²) < 4.78 is 18.8. The number of benzene rings is 2. The summed E-state index contributed by atoms with van der Waals surface area (Å²) in [5, 5.41) is 2.75. The molecule has 1 fully saturated rings. The third-order valence-electron chi connectivity index (χ3n) is 5.34. The topological polar surface area (TPSA) is 61.9 Å². The van der Waals surface area contributed by atoms with Crippen LogP contribution in [0.2, 0.25) is 0 Å². The first kappa shape index (κ1) is 21.8. The Morgan fingerprint density at radius 2 is 1.87 bits per heavy atom. The highest BCUT2D eigenvalue weighted by molar-refractivity contribution is 5.95. The van der Waals surface area contributed by atoms with Gasteiger partial charge in [0.15, 0.2) is 0 Å². The second-order valence-electron chi connectivity index (χ2n) is 7.42. The van der Waals surface area contributed by atoms with Crippen molar-refractivity contribution in [2.24, 2.45) is 0 Å². The lowest BCUT2D eigenvalue weighted by Crippen LogP contribution is -2.54. The highest BCUT2D eigenvalue weighted by Crippen LogP contribution is 2.21. The van der Waals surface area contributed by atoms with Crippen LogP contribution in [0.25, 0.3) is 0 Å². The predicted molar refractivity (Wildman–Crippen MR) is 114 cm³/mol. The minimum atomic E-state index is -0.392. The van der Waals surface area contributed by atoms with Crippen LogP contribution in [-0.4, -0.2) is 60.4 Å². The fourth-order valence-electron chi connectivity index (χ4n) is 3.57. The molecule has 1 atom stereocenters. The standard InChI is InChI=1S/C23H28FN3O3/c1-4-30-21-9-8-18(14-16(21)2)23(29)27-12-10-26(11-13-27)17(3)22(28)25-20-7-5-6-19(24)15-20/h5-9,14-15,17H,4,10-13H2,1-3H3,(H,25,28). The van der Waals surface area contributed by atoms with Gasteiger partial charge in [-0.25, -0.2) is 4.39 Å². The molecule has 0 saturated carbocycles. The van der Waals surface area contributed by atoms with E-state index in [-0.39, 0.29) is 17.9 Å². The van der Waals surface area contributed by atoms with Gasteiger partial charge in [0.05, 0.1) is 12.6 Å². The lowest BCUT2D eigenvalue weighted by Gasteiger charge is -2.37. The number of hydrogen-bond donors (Lipinski definition) is 1. The zero-order valence-corrected chi connectivity index (χ0v) is 17.7. The third-order valence-corrected chi connectivity index (χ3v) is 5.34. The average Bonchev–Trinajstić information content (AvgIpc) is 2.74. The van der Waals surface area contributed by atoms with E-state index in [0.29, 0.717) is 44.0 Å². The molecule has 1 N–H and O–H groups in total. The summed E-state index contributed by atoms with van der Waals surface area (Å²) in [5.41, 5.74) is 2.01. The first-order valence-electron chi connectivity index (χ1n) is 10.2. The molecule has 1 saturated heterocycles. The highest BCUT2D eigenvalue weighted by Gasteiger charge is 2.28. The van der Waals surface area contributed by atoms with Crippen molar-refractivity contribution >= 4 is 17.5 Å². The number of carbonyl (C=O) groups excluding carboxylic acids is 2. The number of ether oxygens (including phenoxy) is 1. The molecule has 160 valence electrons. The summed E-state index contributed by atoms with van der Waals surface area (Å²) in [6.07, 6.45) is 0. The fraction of sp³-hybridized carbons (Fsp3) is 0.391. The van der Waals surface area contributed by atoms with Crippen LogP contribution in [0.1, 0.15) is 29.8 Å². The van der Waals surface area contributed by atoms with Crippen molar-refractivity contribution in [3.8, 4) is 5.75 Å². The molecule has 1 heterocycles. The van der Waals surface area contributed by atoms with Crippen molar-refractivity contribution < 1.29 is 18.7 Å². The fourth-order valence-corrected chi connectivity index (χ4v) is 3.57. The normalized spacial score (nSPS) is 15.5. The van der Waals surface area contributed by atoms with E-state index in [4.69, 9.17) is 4.74 Å². The van der Waals surface area contributed by atoms with Crippen molar-refractivity contribution in [1.82, 2.24) is 9.80 Å². The molecule has 0 spiro atoms. The molecule has 0 aromatic heterocycles. The summed E-state index contributed by atoms with van der Waals surface area (Å²) in [6, 6.07) is 10.9. The number of hydrogen-bond acceptors (Lipinski definition) is 4. The van der Waals surface area contributed by atoms with Gasteiger partial charge in [-0.15, -0.1) is 0 Å². The minimum Gasteiger partial charge on any atom is -0.494 e. The van der Waals surface area contributed by atoms with Crippen LogP contribution in [0.4, 0.5) is 10.1 Å². The number of carbonyl (C=O) groups is 2. The summed E-state index contributed by atoms with van der Waals surface area (Å²) in [6.45, 7) is 8.54. The molecule has 7 heteroatoms. The molecule has 1 aliphatic rings. The van der Waals surface area contributed by atoms with Crippen LogP contribution in [0.5, 0.6) is 5.75 Å². The van der Waals surface area contributed by atoms with E-state index in [0.717, 1.165) is 11.3 Å². The molecule has 2 aromatic rings. The van der Waals surface area contributed by atoms with E-state index in [2.05, 4.69) is 5.32 Å². The second kappa shape index (κ2) is 9.71. The molecule has 6 nitrogen and oxygen atoms in total. The van der Waals surface area contributed by atoms with Gasteiger partial charge in [-0.05, 0) is 62.7 Å². The van der Waals surface area contributed by atoms with Gasteiger partial charge < -0.3 is 15.0 Å². The Morgan fingerprint density at radius 1 is 1.13 bits per heavy atom. The number of halogens is 1. The van der Waals surface area contributed by atoms with E-state index < -0.39 is 5.82 Å². The van der Waals surface area contributed by atoms with Gasteiger partial charge in [0, 0.05) is 37.4 Å². The SMILES string of the molecule is CCOc1ccc(C(=O)N2CCN(C(C)C(=O)Nc3cccc(F)c3)CC2)cc1C. The molecular weight excluding hydrogens is 385 g/mol. The maximum absolute atomic E-state index is 13.3. The minimum absolute atomic E-state index is 0.0161. The molecular formula is C23H28FN3O3. The Balaban J connectivity index is 1.55. The van der Waals surface area contributed by atoms with Crippen molar-refractivity contribution in [3.63, 3.8) is 0 Å². The summed E-state index contributed by atoms with van der Waals surface area (Å²) in [7, 11) is 0. The number of nitrogens with zero attached hydrogens (tertiary/aromatic N) is 2. The molecule has 0 radical (unpaired) electrons.